The maximum Gasteiger partial charge on any atom is 0.126 e. The molecule has 90 valence electrons. The molecule has 15 heavy (non-hydrogen) atoms. The number of rotatable bonds is 5. The molecule has 0 amide bonds. The number of ether oxygens (including phenoxy) is 2. The summed E-state index contributed by atoms with van der Waals surface area (Å²) >= 11 is 0. The molecule has 0 aromatic rings. The third-order valence-electron chi connectivity index (χ3n) is 2.62. The van der Waals surface area contributed by atoms with Gasteiger partial charge < -0.3 is 14.0 Å². The van der Waals surface area contributed by atoms with Crippen LogP contribution in [0.1, 0.15) is 34.6 Å². The van der Waals surface area contributed by atoms with Crippen LogP contribution in [0.4, 0.5) is 0 Å². The quantitative estimate of drug-likeness (QED) is 0.663. The van der Waals surface area contributed by atoms with Crippen molar-refractivity contribution in [3.05, 3.63) is 0 Å². The van der Waals surface area contributed by atoms with Crippen LogP contribution in [0, 0.1) is 5.92 Å². The molecular weight excluding hydrogens is 206 g/mol. The van der Waals surface area contributed by atoms with Gasteiger partial charge in [-0.2, -0.15) is 0 Å². The van der Waals surface area contributed by atoms with Crippen molar-refractivity contribution in [1.82, 2.24) is 4.57 Å². The maximum absolute atomic E-state index is 5.90. The van der Waals surface area contributed by atoms with E-state index < -0.39 is 0 Å². The predicted molar refractivity (Wildman–Crippen MR) is 65.5 cm³/mol. The van der Waals surface area contributed by atoms with Crippen molar-refractivity contribution in [3.63, 3.8) is 0 Å². The first-order valence-corrected chi connectivity index (χ1v) is 7.65. The molecule has 4 heteroatoms. The molecule has 1 fully saturated rings. The van der Waals surface area contributed by atoms with Crippen molar-refractivity contribution in [3.8, 4) is 0 Å². The van der Waals surface area contributed by atoms with E-state index in [0.29, 0.717) is 24.4 Å². The van der Waals surface area contributed by atoms with Crippen LogP contribution in [0.25, 0.3) is 0 Å². The Balaban J connectivity index is 2.32. The van der Waals surface area contributed by atoms with E-state index in [0.717, 1.165) is 12.8 Å². The van der Waals surface area contributed by atoms with Gasteiger partial charge in [-0.1, -0.05) is 13.8 Å². The molecule has 0 aliphatic carbocycles. The van der Waals surface area contributed by atoms with E-state index >= 15 is 0 Å². The molecule has 2 atom stereocenters. The third-order valence-corrected chi connectivity index (χ3v) is 4.23. The maximum atomic E-state index is 5.90. The Morgan fingerprint density at radius 1 is 1.40 bits per heavy atom. The van der Waals surface area contributed by atoms with Crippen molar-refractivity contribution < 1.29 is 9.47 Å². The van der Waals surface area contributed by atoms with Crippen LogP contribution >= 0.6 is 0 Å². The first-order valence-electron chi connectivity index (χ1n) is 6.01. The molecule has 0 spiro atoms. The van der Waals surface area contributed by atoms with E-state index in [1.165, 1.54) is 0 Å². The van der Waals surface area contributed by atoms with Gasteiger partial charge in [0, 0.05) is 12.8 Å². The summed E-state index contributed by atoms with van der Waals surface area (Å²) in [4.78, 5) is 0. The largest absolute Gasteiger partial charge is 0.381 e. The van der Waals surface area contributed by atoms with Crippen molar-refractivity contribution >= 4 is 9.68 Å². The molecule has 1 heterocycles. The molecule has 0 aromatic carbocycles. The molecule has 0 aromatic heterocycles. The molecular formula is C11H25NO2Si. The van der Waals surface area contributed by atoms with Gasteiger partial charge in [0.25, 0.3) is 0 Å². The van der Waals surface area contributed by atoms with Crippen molar-refractivity contribution in [2.75, 3.05) is 12.8 Å². The SMILES string of the molecule is CC(C)OC[SiH2]N1CC(C)OC1C(C)C. The minimum Gasteiger partial charge on any atom is -0.381 e. The summed E-state index contributed by atoms with van der Waals surface area (Å²) in [5.74, 6) is 0.585. The number of hydrogen-bond acceptors (Lipinski definition) is 3. The highest BCUT2D eigenvalue weighted by molar-refractivity contribution is 6.31. The van der Waals surface area contributed by atoms with E-state index in [9.17, 15) is 0 Å². The van der Waals surface area contributed by atoms with Crippen LogP contribution in [0.5, 0.6) is 0 Å². The molecule has 2 unspecified atom stereocenters. The average Bonchev–Trinajstić information content (AvgIpc) is 2.46. The molecule has 0 N–H and O–H groups in total. The highest BCUT2D eigenvalue weighted by Crippen LogP contribution is 2.20. The van der Waals surface area contributed by atoms with Gasteiger partial charge in [0.1, 0.15) is 15.9 Å². The van der Waals surface area contributed by atoms with Crippen LogP contribution in [0.3, 0.4) is 0 Å². The molecule has 0 bridgehead atoms. The minimum atomic E-state index is -0.291. The lowest BCUT2D eigenvalue weighted by Crippen LogP contribution is -2.39. The topological polar surface area (TPSA) is 21.7 Å². The van der Waals surface area contributed by atoms with Crippen molar-refractivity contribution in [2.45, 2.75) is 53.1 Å². The molecule has 0 radical (unpaired) electrons. The Hall–Kier alpha value is 0.0969. The van der Waals surface area contributed by atoms with Crippen LogP contribution < -0.4 is 0 Å². The Labute approximate surface area is 96.0 Å². The van der Waals surface area contributed by atoms with E-state index in [-0.39, 0.29) is 9.68 Å². The second-order valence-corrected chi connectivity index (χ2v) is 6.66. The highest BCUT2D eigenvalue weighted by Gasteiger charge is 2.31. The normalized spacial score (nSPS) is 29.0. The van der Waals surface area contributed by atoms with Gasteiger partial charge in [-0.3, -0.25) is 0 Å². The zero-order chi connectivity index (χ0) is 11.4. The lowest BCUT2D eigenvalue weighted by atomic mass is 10.2. The van der Waals surface area contributed by atoms with Crippen LogP contribution in [0.2, 0.25) is 0 Å². The van der Waals surface area contributed by atoms with Crippen LogP contribution in [-0.4, -0.2) is 45.5 Å². The zero-order valence-corrected chi connectivity index (χ0v) is 12.1. The summed E-state index contributed by atoms with van der Waals surface area (Å²) in [5, 5.41) is 0. The van der Waals surface area contributed by atoms with E-state index in [4.69, 9.17) is 9.47 Å². The van der Waals surface area contributed by atoms with Crippen molar-refractivity contribution in [1.29, 1.82) is 0 Å². The predicted octanol–water partition coefficient (Wildman–Crippen LogP) is 1.16. The van der Waals surface area contributed by atoms with Crippen LogP contribution in [-0.2, 0) is 9.47 Å². The fourth-order valence-electron chi connectivity index (χ4n) is 2.00. The summed E-state index contributed by atoms with van der Waals surface area (Å²) in [5.41, 5.74) is 0. The first kappa shape index (κ1) is 13.2. The van der Waals surface area contributed by atoms with E-state index in [1.807, 2.05) is 0 Å². The van der Waals surface area contributed by atoms with Crippen molar-refractivity contribution in [2.24, 2.45) is 5.92 Å². The Kier molecular flexibility index (Phi) is 5.25. The Morgan fingerprint density at radius 2 is 2.07 bits per heavy atom. The highest BCUT2D eigenvalue weighted by atomic mass is 28.2. The summed E-state index contributed by atoms with van der Waals surface area (Å²) in [6.45, 7) is 11.9. The summed E-state index contributed by atoms with van der Waals surface area (Å²) < 4.78 is 14.1. The summed E-state index contributed by atoms with van der Waals surface area (Å²) in [6.07, 6.45) is 2.03. The van der Waals surface area contributed by atoms with Gasteiger partial charge in [-0.25, -0.2) is 0 Å². The Bertz CT molecular complexity index is 187. The molecule has 1 saturated heterocycles. The molecule has 1 aliphatic heterocycles. The lowest BCUT2D eigenvalue weighted by molar-refractivity contribution is -0.00332. The zero-order valence-electron chi connectivity index (χ0n) is 10.7. The molecule has 1 rings (SSSR count). The third kappa shape index (κ3) is 4.22. The standard InChI is InChI=1S/C11H25NO2Si/c1-8(2)11-12(6-10(5)14-11)15-7-13-9(3)4/h8-11H,6-7,15H2,1-5H3. The summed E-state index contributed by atoms with van der Waals surface area (Å²) in [6, 6.07) is 0. The van der Waals surface area contributed by atoms with Crippen LogP contribution in [0.15, 0.2) is 0 Å². The van der Waals surface area contributed by atoms with Gasteiger partial charge in [-0.15, -0.1) is 0 Å². The molecule has 3 nitrogen and oxygen atoms in total. The average molecular weight is 231 g/mol. The fraction of sp³-hybridized carbons (Fsp3) is 1.00. The summed E-state index contributed by atoms with van der Waals surface area (Å²) in [7, 11) is -0.291. The Morgan fingerprint density at radius 3 is 2.60 bits per heavy atom. The van der Waals surface area contributed by atoms with Gasteiger partial charge in [-0.05, 0) is 26.7 Å². The van der Waals surface area contributed by atoms with Gasteiger partial charge in [0.15, 0.2) is 0 Å². The van der Waals surface area contributed by atoms with Gasteiger partial charge >= 0.3 is 0 Å². The monoisotopic (exact) mass is 231 g/mol. The molecule has 0 saturated carbocycles. The van der Waals surface area contributed by atoms with E-state index in [2.05, 4.69) is 39.2 Å². The minimum absolute atomic E-state index is 0.291. The number of nitrogens with zero attached hydrogens (tertiary/aromatic N) is 1. The first-order chi connectivity index (χ1) is 7.00. The molecule has 1 aliphatic rings. The number of hydrogen-bond donors (Lipinski definition) is 0. The fourth-order valence-corrected chi connectivity index (χ4v) is 4.12. The van der Waals surface area contributed by atoms with Gasteiger partial charge in [0.2, 0.25) is 0 Å². The smallest absolute Gasteiger partial charge is 0.126 e. The lowest BCUT2D eigenvalue weighted by Gasteiger charge is -2.25. The van der Waals surface area contributed by atoms with E-state index in [1.54, 1.807) is 0 Å². The van der Waals surface area contributed by atoms with Gasteiger partial charge in [0.05, 0.1) is 12.2 Å². The second-order valence-electron chi connectivity index (χ2n) is 5.00. The second kappa shape index (κ2) is 5.99.